The van der Waals surface area contributed by atoms with Crippen LogP contribution in [-0.4, -0.2) is 39.1 Å². The quantitative estimate of drug-likeness (QED) is 0.918. The summed E-state index contributed by atoms with van der Waals surface area (Å²) in [5.41, 5.74) is 0.881. The van der Waals surface area contributed by atoms with E-state index in [1.807, 2.05) is 32.2 Å². The standard InChI is InChI=1S/C15H21N5O/c1-12-6-4-7-14(17-12)18-15(21)19(3)9-5-10-20-11-8-16-13(20)2/h4,6-8,11H,5,9-10H2,1-3H3,(H,17,18,21). The Kier molecular flexibility index (Phi) is 4.92. The highest BCUT2D eigenvalue weighted by Crippen LogP contribution is 2.05. The van der Waals surface area contributed by atoms with Gasteiger partial charge in [-0.15, -0.1) is 0 Å². The first kappa shape index (κ1) is 15.0. The molecule has 0 unspecified atom stereocenters. The lowest BCUT2D eigenvalue weighted by molar-refractivity contribution is 0.221. The molecule has 2 aromatic rings. The summed E-state index contributed by atoms with van der Waals surface area (Å²) in [5, 5.41) is 2.79. The zero-order valence-electron chi connectivity index (χ0n) is 12.7. The molecule has 21 heavy (non-hydrogen) atoms. The second-order valence-corrected chi connectivity index (χ2v) is 5.04. The molecule has 0 atom stereocenters. The topological polar surface area (TPSA) is 63.1 Å². The number of nitrogens with one attached hydrogen (secondary N) is 1. The molecule has 0 saturated heterocycles. The summed E-state index contributed by atoms with van der Waals surface area (Å²) in [5.74, 6) is 1.57. The van der Waals surface area contributed by atoms with E-state index in [1.165, 1.54) is 0 Å². The highest BCUT2D eigenvalue weighted by Gasteiger charge is 2.09. The third-order valence-electron chi connectivity index (χ3n) is 3.29. The maximum absolute atomic E-state index is 12.0. The second-order valence-electron chi connectivity index (χ2n) is 5.04. The van der Waals surface area contributed by atoms with Gasteiger partial charge < -0.3 is 9.47 Å². The average molecular weight is 287 g/mol. The molecule has 0 bridgehead atoms. The van der Waals surface area contributed by atoms with Crippen molar-refractivity contribution in [3.05, 3.63) is 42.1 Å². The molecule has 1 N–H and O–H groups in total. The maximum atomic E-state index is 12.0. The number of carbonyl (C=O) groups excluding carboxylic acids is 1. The summed E-state index contributed by atoms with van der Waals surface area (Å²) in [6.07, 6.45) is 4.61. The lowest BCUT2D eigenvalue weighted by Crippen LogP contribution is -2.32. The summed E-state index contributed by atoms with van der Waals surface area (Å²) < 4.78 is 2.08. The molecule has 6 heteroatoms. The fourth-order valence-electron chi connectivity index (χ4n) is 2.04. The number of hydrogen-bond donors (Lipinski definition) is 1. The number of pyridine rings is 1. The van der Waals surface area contributed by atoms with Crippen LogP contribution in [0.3, 0.4) is 0 Å². The molecule has 0 aliphatic rings. The van der Waals surface area contributed by atoms with Gasteiger partial charge in [-0.05, 0) is 32.4 Å². The van der Waals surface area contributed by atoms with E-state index in [0.717, 1.165) is 24.5 Å². The Balaban J connectivity index is 1.79. The first-order valence-corrected chi connectivity index (χ1v) is 7.00. The van der Waals surface area contributed by atoms with Gasteiger partial charge >= 0.3 is 6.03 Å². The fourth-order valence-corrected chi connectivity index (χ4v) is 2.04. The number of imidazole rings is 1. The first-order valence-electron chi connectivity index (χ1n) is 7.00. The Morgan fingerprint density at radius 1 is 1.38 bits per heavy atom. The Morgan fingerprint density at radius 3 is 2.86 bits per heavy atom. The summed E-state index contributed by atoms with van der Waals surface area (Å²) in [7, 11) is 1.78. The monoisotopic (exact) mass is 287 g/mol. The molecule has 0 fully saturated rings. The van der Waals surface area contributed by atoms with Crippen molar-refractivity contribution in [1.82, 2.24) is 19.4 Å². The lowest BCUT2D eigenvalue weighted by Gasteiger charge is -2.18. The molecule has 2 amide bonds. The zero-order valence-corrected chi connectivity index (χ0v) is 12.7. The molecule has 2 aromatic heterocycles. The van der Waals surface area contributed by atoms with Crippen molar-refractivity contribution in [3.8, 4) is 0 Å². The highest BCUT2D eigenvalue weighted by molar-refractivity contribution is 5.88. The molecule has 0 aliphatic heterocycles. The van der Waals surface area contributed by atoms with Gasteiger partial charge in [0.15, 0.2) is 0 Å². The number of rotatable bonds is 5. The van der Waals surface area contributed by atoms with Gasteiger partial charge in [-0.2, -0.15) is 0 Å². The maximum Gasteiger partial charge on any atom is 0.322 e. The van der Waals surface area contributed by atoms with Crippen LogP contribution in [0.25, 0.3) is 0 Å². The summed E-state index contributed by atoms with van der Waals surface area (Å²) in [6, 6.07) is 5.41. The Morgan fingerprint density at radius 2 is 2.19 bits per heavy atom. The highest BCUT2D eigenvalue weighted by atomic mass is 16.2. The van der Waals surface area contributed by atoms with Crippen LogP contribution in [0.4, 0.5) is 10.6 Å². The van der Waals surface area contributed by atoms with Crippen LogP contribution in [0, 0.1) is 13.8 Å². The molecule has 0 saturated carbocycles. The van der Waals surface area contributed by atoms with Gasteiger partial charge in [0.25, 0.3) is 0 Å². The van der Waals surface area contributed by atoms with Crippen LogP contribution < -0.4 is 5.32 Å². The van der Waals surface area contributed by atoms with Crippen LogP contribution in [0.2, 0.25) is 0 Å². The number of carbonyl (C=O) groups is 1. The molecule has 2 rings (SSSR count). The molecule has 6 nitrogen and oxygen atoms in total. The fraction of sp³-hybridized carbons (Fsp3) is 0.400. The van der Waals surface area contributed by atoms with E-state index in [9.17, 15) is 4.79 Å². The van der Waals surface area contributed by atoms with E-state index in [4.69, 9.17) is 0 Å². The smallest absolute Gasteiger partial charge is 0.322 e. The van der Waals surface area contributed by atoms with Crippen molar-refractivity contribution in [1.29, 1.82) is 0 Å². The average Bonchev–Trinajstić information content (AvgIpc) is 2.84. The van der Waals surface area contributed by atoms with Crippen LogP contribution in [0.1, 0.15) is 17.9 Å². The van der Waals surface area contributed by atoms with E-state index < -0.39 is 0 Å². The number of hydrogen-bond acceptors (Lipinski definition) is 3. The van der Waals surface area contributed by atoms with Crippen LogP contribution in [-0.2, 0) is 6.54 Å². The molecular formula is C15H21N5O. The molecule has 0 aromatic carbocycles. The van der Waals surface area contributed by atoms with E-state index in [0.29, 0.717) is 12.4 Å². The Bertz CT molecular complexity index is 608. The molecule has 0 aliphatic carbocycles. The van der Waals surface area contributed by atoms with Crippen molar-refractivity contribution < 1.29 is 4.79 Å². The number of aryl methyl sites for hydroxylation is 3. The number of aromatic nitrogens is 3. The number of anilines is 1. The third-order valence-corrected chi connectivity index (χ3v) is 3.29. The summed E-state index contributed by atoms with van der Waals surface area (Å²) in [4.78, 5) is 22.1. The number of urea groups is 1. The number of nitrogens with zero attached hydrogens (tertiary/aromatic N) is 4. The SMILES string of the molecule is Cc1cccc(NC(=O)N(C)CCCn2ccnc2C)n1. The normalized spacial score (nSPS) is 10.4. The van der Waals surface area contributed by atoms with Gasteiger partial charge in [0.1, 0.15) is 11.6 Å². The Labute approximate surface area is 124 Å². The minimum atomic E-state index is -0.143. The van der Waals surface area contributed by atoms with E-state index in [2.05, 4.69) is 19.9 Å². The molecule has 0 radical (unpaired) electrons. The predicted octanol–water partition coefficient (Wildman–Crippen LogP) is 2.45. The first-order chi connectivity index (χ1) is 10.1. The summed E-state index contributed by atoms with van der Waals surface area (Å²) >= 11 is 0. The van der Waals surface area contributed by atoms with E-state index in [1.54, 1.807) is 24.2 Å². The Hall–Kier alpha value is -2.37. The summed E-state index contributed by atoms with van der Waals surface area (Å²) in [6.45, 7) is 5.40. The van der Waals surface area contributed by atoms with Gasteiger partial charge in [0.05, 0.1) is 0 Å². The lowest BCUT2D eigenvalue weighted by atomic mass is 10.3. The molecule has 0 spiro atoms. The van der Waals surface area contributed by atoms with Gasteiger partial charge in [-0.1, -0.05) is 6.07 Å². The predicted molar refractivity (Wildman–Crippen MR) is 82.2 cm³/mol. The van der Waals surface area contributed by atoms with Gasteiger partial charge in [-0.3, -0.25) is 5.32 Å². The molecule has 112 valence electrons. The van der Waals surface area contributed by atoms with E-state index >= 15 is 0 Å². The zero-order chi connectivity index (χ0) is 15.2. The van der Waals surface area contributed by atoms with Crippen molar-refractivity contribution in [2.75, 3.05) is 18.9 Å². The van der Waals surface area contributed by atoms with Crippen molar-refractivity contribution in [3.63, 3.8) is 0 Å². The largest absolute Gasteiger partial charge is 0.335 e. The van der Waals surface area contributed by atoms with Gasteiger partial charge in [0, 0.05) is 38.2 Å². The van der Waals surface area contributed by atoms with Crippen molar-refractivity contribution in [2.45, 2.75) is 26.8 Å². The van der Waals surface area contributed by atoms with Crippen LogP contribution in [0.5, 0.6) is 0 Å². The minimum absolute atomic E-state index is 0.143. The van der Waals surface area contributed by atoms with Gasteiger partial charge in [-0.25, -0.2) is 14.8 Å². The molecular weight excluding hydrogens is 266 g/mol. The molecule has 2 heterocycles. The van der Waals surface area contributed by atoms with Crippen LogP contribution in [0.15, 0.2) is 30.6 Å². The van der Waals surface area contributed by atoms with Crippen molar-refractivity contribution >= 4 is 11.8 Å². The van der Waals surface area contributed by atoms with Gasteiger partial charge in [0.2, 0.25) is 0 Å². The van der Waals surface area contributed by atoms with E-state index in [-0.39, 0.29) is 6.03 Å². The van der Waals surface area contributed by atoms with Crippen molar-refractivity contribution in [2.24, 2.45) is 0 Å². The van der Waals surface area contributed by atoms with Crippen LogP contribution >= 0.6 is 0 Å². The third kappa shape index (κ3) is 4.30. The second kappa shape index (κ2) is 6.88. The number of amides is 2. The minimum Gasteiger partial charge on any atom is -0.335 e.